The van der Waals surface area contributed by atoms with Gasteiger partial charge in [0.05, 0.1) is 30.3 Å². The van der Waals surface area contributed by atoms with Gasteiger partial charge < -0.3 is 18.9 Å². The van der Waals surface area contributed by atoms with Crippen molar-refractivity contribution in [1.82, 2.24) is 0 Å². The van der Waals surface area contributed by atoms with Crippen LogP contribution >= 0.6 is 0 Å². The van der Waals surface area contributed by atoms with Crippen molar-refractivity contribution >= 4 is 23.9 Å². The molecule has 2 saturated heterocycles. The number of esters is 4. The molecule has 0 spiro atoms. The molecule has 6 aliphatic rings. The standard InChI is InChI=1S/C29H40O8/c1-12-14-6-17(20(7-14)27(32)37-29(3,4)5)21(12)23-15-8-18(19(9-15)26(31)35-11-16-10-34-16)24(23)22-13(2)25(30)36-28(22)33/h12-24H,6-11H2,1-5H3. The SMILES string of the molecule is CC1C(=O)OC(=O)C1C1C2CC(CC2C(=O)OCC2CO2)C1C1C(C)C2CC(C(=O)OC(C)(C)C)C1C2. The lowest BCUT2D eigenvalue weighted by Gasteiger charge is -2.46. The Hall–Kier alpha value is -1.96. The molecular weight excluding hydrogens is 476 g/mol. The molecule has 6 fully saturated rings. The monoisotopic (exact) mass is 516 g/mol. The number of carbonyl (C=O) groups excluding carboxylic acids is 4. The van der Waals surface area contributed by atoms with Crippen molar-refractivity contribution in [3.63, 3.8) is 0 Å². The molecule has 4 aliphatic carbocycles. The average molecular weight is 517 g/mol. The molecule has 4 bridgehead atoms. The van der Waals surface area contributed by atoms with Crippen molar-refractivity contribution in [3.8, 4) is 0 Å². The molecule has 0 aromatic rings. The largest absolute Gasteiger partial charge is 0.463 e. The molecule has 8 heteroatoms. The highest BCUT2D eigenvalue weighted by molar-refractivity contribution is 5.96. The molecule has 4 saturated carbocycles. The van der Waals surface area contributed by atoms with Crippen LogP contribution in [0.3, 0.4) is 0 Å². The molecule has 13 unspecified atom stereocenters. The van der Waals surface area contributed by atoms with Gasteiger partial charge in [-0.05, 0) is 93.8 Å². The van der Waals surface area contributed by atoms with E-state index in [1.165, 1.54) is 0 Å². The number of carbonyl (C=O) groups is 4. The summed E-state index contributed by atoms with van der Waals surface area (Å²) in [6.07, 6.45) is 3.48. The Morgan fingerprint density at radius 3 is 2.08 bits per heavy atom. The first-order valence-electron chi connectivity index (χ1n) is 14.2. The van der Waals surface area contributed by atoms with Crippen molar-refractivity contribution in [2.24, 2.45) is 71.0 Å². The Morgan fingerprint density at radius 2 is 1.49 bits per heavy atom. The number of cyclic esters (lactones) is 2. The van der Waals surface area contributed by atoms with Gasteiger partial charge in [-0.3, -0.25) is 19.2 Å². The molecule has 2 aliphatic heterocycles. The van der Waals surface area contributed by atoms with E-state index in [1.54, 1.807) is 6.92 Å². The van der Waals surface area contributed by atoms with E-state index in [-0.39, 0.29) is 72.0 Å². The van der Waals surface area contributed by atoms with E-state index in [1.807, 2.05) is 20.8 Å². The van der Waals surface area contributed by atoms with Gasteiger partial charge in [0, 0.05) is 0 Å². The average Bonchev–Trinajstić information content (AvgIpc) is 3.10. The molecule has 0 aromatic heterocycles. The van der Waals surface area contributed by atoms with Crippen LogP contribution in [0.4, 0.5) is 0 Å². The Morgan fingerprint density at radius 1 is 0.865 bits per heavy atom. The van der Waals surface area contributed by atoms with Crippen LogP contribution in [0, 0.1) is 71.0 Å². The van der Waals surface area contributed by atoms with Crippen LogP contribution in [0.1, 0.15) is 60.3 Å². The number of hydrogen-bond acceptors (Lipinski definition) is 8. The zero-order chi connectivity index (χ0) is 26.4. The fraction of sp³-hybridized carbons (Fsp3) is 0.862. The number of fused-ring (bicyclic) bond motifs is 4. The molecule has 204 valence electrons. The van der Waals surface area contributed by atoms with Crippen LogP contribution in [-0.4, -0.2) is 48.8 Å². The Bertz CT molecular complexity index is 994. The van der Waals surface area contributed by atoms with Crippen molar-refractivity contribution < 1.29 is 38.1 Å². The van der Waals surface area contributed by atoms with E-state index in [0.717, 1.165) is 25.7 Å². The van der Waals surface area contributed by atoms with Gasteiger partial charge in [-0.25, -0.2) is 0 Å². The van der Waals surface area contributed by atoms with E-state index < -0.39 is 29.4 Å². The minimum Gasteiger partial charge on any atom is -0.463 e. The summed E-state index contributed by atoms with van der Waals surface area (Å²) in [7, 11) is 0. The first kappa shape index (κ1) is 25.3. The van der Waals surface area contributed by atoms with E-state index >= 15 is 0 Å². The van der Waals surface area contributed by atoms with Crippen LogP contribution in [0.2, 0.25) is 0 Å². The first-order chi connectivity index (χ1) is 17.4. The second kappa shape index (κ2) is 8.78. The van der Waals surface area contributed by atoms with Crippen LogP contribution in [-0.2, 0) is 38.1 Å². The summed E-state index contributed by atoms with van der Waals surface area (Å²) in [5, 5.41) is 0. The van der Waals surface area contributed by atoms with Gasteiger partial charge in [0.15, 0.2) is 0 Å². The van der Waals surface area contributed by atoms with Gasteiger partial charge in [0.1, 0.15) is 18.3 Å². The van der Waals surface area contributed by atoms with Crippen molar-refractivity contribution in [2.45, 2.75) is 72.0 Å². The van der Waals surface area contributed by atoms with Crippen LogP contribution in [0.25, 0.3) is 0 Å². The molecule has 0 aromatic carbocycles. The molecule has 0 radical (unpaired) electrons. The zero-order valence-corrected chi connectivity index (χ0v) is 22.5. The van der Waals surface area contributed by atoms with E-state index in [4.69, 9.17) is 18.9 Å². The third-order valence-electron chi connectivity index (χ3n) is 10.7. The van der Waals surface area contributed by atoms with Crippen LogP contribution in [0.15, 0.2) is 0 Å². The van der Waals surface area contributed by atoms with Crippen molar-refractivity contribution in [2.75, 3.05) is 13.2 Å². The fourth-order valence-corrected chi connectivity index (χ4v) is 9.30. The smallest absolute Gasteiger partial charge is 0.317 e. The maximum absolute atomic E-state index is 13.2. The second-order valence-corrected chi connectivity index (χ2v) is 13.8. The third-order valence-corrected chi connectivity index (χ3v) is 10.7. The predicted octanol–water partition coefficient (Wildman–Crippen LogP) is 3.40. The van der Waals surface area contributed by atoms with Gasteiger partial charge >= 0.3 is 23.9 Å². The highest BCUT2D eigenvalue weighted by Gasteiger charge is 2.67. The summed E-state index contributed by atoms with van der Waals surface area (Å²) in [6.45, 7) is 10.7. The number of epoxide rings is 1. The minimum absolute atomic E-state index is 0.00761. The summed E-state index contributed by atoms with van der Waals surface area (Å²) in [5.74, 6) is -0.991. The lowest BCUT2D eigenvalue weighted by molar-refractivity contribution is -0.165. The minimum atomic E-state index is -0.541. The summed E-state index contributed by atoms with van der Waals surface area (Å²) < 4.78 is 21.7. The summed E-state index contributed by atoms with van der Waals surface area (Å²) in [5.41, 5.74) is -0.530. The zero-order valence-electron chi connectivity index (χ0n) is 22.5. The Kier molecular flexibility index (Phi) is 6.01. The van der Waals surface area contributed by atoms with E-state index in [9.17, 15) is 19.2 Å². The highest BCUT2D eigenvalue weighted by atomic mass is 16.6. The number of rotatable bonds is 6. The van der Waals surface area contributed by atoms with Gasteiger partial charge in [-0.1, -0.05) is 13.8 Å². The van der Waals surface area contributed by atoms with Gasteiger partial charge in [-0.15, -0.1) is 0 Å². The van der Waals surface area contributed by atoms with Gasteiger partial charge in [-0.2, -0.15) is 0 Å². The molecule has 6 rings (SSSR count). The van der Waals surface area contributed by atoms with Crippen molar-refractivity contribution in [3.05, 3.63) is 0 Å². The quantitative estimate of drug-likeness (QED) is 0.229. The Labute approximate surface area is 218 Å². The molecule has 8 nitrogen and oxygen atoms in total. The lowest BCUT2D eigenvalue weighted by Crippen LogP contribution is -2.47. The summed E-state index contributed by atoms with van der Waals surface area (Å²) in [4.78, 5) is 51.8. The topological polar surface area (TPSA) is 109 Å². The molecule has 0 N–H and O–H groups in total. The third kappa shape index (κ3) is 4.22. The van der Waals surface area contributed by atoms with Crippen LogP contribution < -0.4 is 0 Å². The molecule has 2 heterocycles. The van der Waals surface area contributed by atoms with E-state index in [0.29, 0.717) is 18.4 Å². The predicted molar refractivity (Wildman–Crippen MR) is 129 cm³/mol. The van der Waals surface area contributed by atoms with Crippen molar-refractivity contribution in [1.29, 1.82) is 0 Å². The molecule has 13 atom stereocenters. The van der Waals surface area contributed by atoms with E-state index in [2.05, 4.69) is 6.92 Å². The number of ether oxygens (including phenoxy) is 4. The second-order valence-electron chi connectivity index (χ2n) is 13.8. The van der Waals surface area contributed by atoms with Crippen LogP contribution in [0.5, 0.6) is 0 Å². The first-order valence-corrected chi connectivity index (χ1v) is 14.2. The highest BCUT2D eigenvalue weighted by Crippen LogP contribution is 2.68. The number of hydrogen-bond donors (Lipinski definition) is 0. The maximum Gasteiger partial charge on any atom is 0.317 e. The lowest BCUT2D eigenvalue weighted by atomic mass is 9.57. The maximum atomic E-state index is 13.2. The molecule has 37 heavy (non-hydrogen) atoms. The summed E-state index contributed by atoms with van der Waals surface area (Å²) >= 11 is 0. The molecular formula is C29H40O8. The summed E-state index contributed by atoms with van der Waals surface area (Å²) in [6, 6.07) is 0. The Balaban J connectivity index is 1.29. The molecule has 0 amide bonds. The fourth-order valence-electron chi connectivity index (χ4n) is 9.30. The normalized spacial score (nSPS) is 47.9. The van der Waals surface area contributed by atoms with Gasteiger partial charge in [0.25, 0.3) is 0 Å². The van der Waals surface area contributed by atoms with Gasteiger partial charge in [0.2, 0.25) is 0 Å².